The first kappa shape index (κ1) is 18.9. The number of para-hydroxylation sites is 1. The van der Waals surface area contributed by atoms with E-state index in [1.807, 2.05) is 36.5 Å². The molecule has 0 spiro atoms. The van der Waals surface area contributed by atoms with Crippen molar-refractivity contribution in [2.24, 2.45) is 0 Å². The van der Waals surface area contributed by atoms with Crippen LogP contribution in [0.25, 0.3) is 5.69 Å². The summed E-state index contributed by atoms with van der Waals surface area (Å²) in [4.78, 5) is 0.0457. The predicted molar refractivity (Wildman–Crippen MR) is 102 cm³/mol. The summed E-state index contributed by atoms with van der Waals surface area (Å²) in [6.45, 7) is 0.239. The van der Waals surface area contributed by atoms with E-state index in [2.05, 4.69) is 9.82 Å². The van der Waals surface area contributed by atoms with E-state index in [9.17, 15) is 8.42 Å². The predicted octanol–water partition coefficient (Wildman–Crippen LogP) is 2.41. The number of hydrogen-bond donors (Lipinski definition) is 1. The summed E-state index contributed by atoms with van der Waals surface area (Å²) in [5.41, 5.74) is 1.88. The van der Waals surface area contributed by atoms with Gasteiger partial charge < -0.3 is 9.47 Å². The molecule has 1 N–H and O–H groups in total. The van der Waals surface area contributed by atoms with Crippen molar-refractivity contribution in [1.82, 2.24) is 14.5 Å². The van der Waals surface area contributed by atoms with E-state index in [0.29, 0.717) is 12.2 Å². The number of aromatic nitrogens is 2. The van der Waals surface area contributed by atoms with Crippen LogP contribution < -0.4 is 14.2 Å². The Balaban J connectivity index is 1.67. The van der Waals surface area contributed by atoms with Gasteiger partial charge in [-0.15, -0.1) is 0 Å². The van der Waals surface area contributed by atoms with E-state index in [0.717, 1.165) is 11.3 Å². The maximum absolute atomic E-state index is 12.6. The van der Waals surface area contributed by atoms with E-state index >= 15 is 0 Å². The van der Waals surface area contributed by atoms with Gasteiger partial charge in [0.2, 0.25) is 10.0 Å². The Hall–Kier alpha value is -2.84. The van der Waals surface area contributed by atoms with Gasteiger partial charge in [0.05, 0.1) is 26.1 Å². The summed E-state index contributed by atoms with van der Waals surface area (Å²) >= 11 is 0. The fraction of sp³-hybridized carbons (Fsp3) is 0.211. The van der Waals surface area contributed by atoms with Crippen molar-refractivity contribution in [1.29, 1.82) is 0 Å². The largest absolute Gasteiger partial charge is 0.497 e. The monoisotopic (exact) mass is 387 g/mol. The van der Waals surface area contributed by atoms with Crippen LogP contribution in [-0.4, -0.2) is 39.0 Å². The molecular weight excluding hydrogens is 366 g/mol. The van der Waals surface area contributed by atoms with Crippen LogP contribution in [0.2, 0.25) is 0 Å². The molecule has 0 bridgehead atoms. The third-order valence-corrected chi connectivity index (χ3v) is 5.51. The molecule has 1 heterocycles. The molecule has 0 aliphatic rings. The Morgan fingerprint density at radius 1 is 1.07 bits per heavy atom. The van der Waals surface area contributed by atoms with Crippen molar-refractivity contribution in [2.75, 3.05) is 20.8 Å². The van der Waals surface area contributed by atoms with Gasteiger partial charge in [0, 0.05) is 18.8 Å². The quantitative estimate of drug-likeness (QED) is 0.642. The van der Waals surface area contributed by atoms with E-state index in [4.69, 9.17) is 9.47 Å². The van der Waals surface area contributed by atoms with Gasteiger partial charge in [-0.3, -0.25) is 0 Å². The van der Waals surface area contributed by atoms with Crippen LogP contribution in [0.5, 0.6) is 11.5 Å². The molecule has 0 aliphatic heterocycles. The molecule has 0 aliphatic carbocycles. The number of nitrogens with one attached hydrogen (secondary N) is 1. The SMILES string of the molecule is COc1ccc(OC)c(S(=O)(=O)NCCc2cnn(-c3ccccc3)c2)c1. The highest BCUT2D eigenvalue weighted by molar-refractivity contribution is 7.89. The standard InChI is InChI=1S/C19H21N3O4S/c1-25-17-8-9-18(26-2)19(12-17)27(23,24)21-11-10-15-13-20-22(14-15)16-6-4-3-5-7-16/h3-9,12-14,21H,10-11H2,1-2H3. The summed E-state index contributed by atoms with van der Waals surface area (Å²) < 4.78 is 39.9. The Morgan fingerprint density at radius 3 is 2.56 bits per heavy atom. The molecule has 0 saturated carbocycles. The average Bonchev–Trinajstić information content (AvgIpc) is 3.17. The van der Waals surface area contributed by atoms with Crippen LogP contribution in [-0.2, 0) is 16.4 Å². The zero-order chi connectivity index (χ0) is 19.3. The molecule has 0 unspecified atom stereocenters. The molecule has 0 fully saturated rings. The second-order valence-corrected chi connectivity index (χ2v) is 7.53. The minimum atomic E-state index is -3.73. The molecule has 8 heteroatoms. The van der Waals surface area contributed by atoms with Gasteiger partial charge in [0.1, 0.15) is 16.4 Å². The van der Waals surface area contributed by atoms with E-state index < -0.39 is 10.0 Å². The molecule has 0 atom stereocenters. The fourth-order valence-corrected chi connectivity index (χ4v) is 3.83. The lowest BCUT2D eigenvalue weighted by atomic mass is 10.2. The molecule has 142 valence electrons. The van der Waals surface area contributed by atoms with Crippen LogP contribution in [0, 0.1) is 0 Å². The van der Waals surface area contributed by atoms with Crippen LogP contribution in [0.4, 0.5) is 0 Å². The number of methoxy groups -OCH3 is 2. The summed E-state index contributed by atoms with van der Waals surface area (Å²) in [5.74, 6) is 0.709. The molecule has 27 heavy (non-hydrogen) atoms. The van der Waals surface area contributed by atoms with Gasteiger partial charge in [-0.2, -0.15) is 5.10 Å². The maximum Gasteiger partial charge on any atom is 0.244 e. The van der Waals surface area contributed by atoms with Crippen LogP contribution in [0.15, 0.2) is 65.8 Å². The van der Waals surface area contributed by atoms with E-state index in [1.54, 1.807) is 23.0 Å². The highest BCUT2D eigenvalue weighted by Gasteiger charge is 2.20. The van der Waals surface area contributed by atoms with Crippen molar-refractivity contribution in [3.8, 4) is 17.2 Å². The van der Waals surface area contributed by atoms with Gasteiger partial charge in [-0.05, 0) is 36.2 Å². The molecule has 0 saturated heterocycles. The van der Waals surface area contributed by atoms with Crippen LogP contribution in [0.3, 0.4) is 0 Å². The summed E-state index contributed by atoms with van der Waals surface area (Å²) in [5, 5.41) is 4.31. The molecule has 3 rings (SSSR count). The maximum atomic E-state index is 12.6. The number of rotatable bonds is 8. The lowest BCUT2D eigenvalue weighted by Crippen LogP contribution is -2.26. The van der Waals surface area contributed by atoms with E-state index in [1.165, 1.54) is 20.3 Å². The minimum Gasteiger partial charge on any atom is -0.497 e. The van der Waals surface area contributed by atoms with Crippen molar-refractivity contribution < 1.29 is 17.9 Å². The lowest BCUT2D eigenvalue weighted by molar-refractivity contribution is 0.392. The minimum absolute atomic E-state index is 0.0457. The van der Waals surface area contributed by atoms with Crippen LogP contribution in [0.1, 0.15) is 5.56 Å². The second kappa shape index (κ2) is 8.24. The zero-order valence-electron chi connectivity index (χ0n) is 15.1. The van der Waals surface area contributed by atoms with Gasteiger partial charge in [0.15, 0.2) is 0 Å². The smallest absolute Gasteiger partial charge is 0.244 e. The molecular formula is C19H21N3O4S. The van der Waals surface area contributed by atoms with Crippen molar-refractivity contribution in [3.05, 3.63) is 66.5 Å². The Morgan fingerprint density at radius 2 is 1.85 bits per heavy atom. The van der Waals surface area contributed by atoms with Crippen molar-refractivity contribution >= 4 is 10.0 Å². The summed E-state index contributed by atoms with van der Waals surface area (Å²) in [7, 11) is -0.822. The normalized spacial score (nSPS) is 11.3. The van der Waals surface area contributed by atoms with E-state index in [-0.39, 0.29) is 17.2 Å². The molecule has 0 radical (unpaired) electrons. The molecule has 0 amide bonds. The Bertz CT molecular complexity index is 1000. The lowest BCUT2D eigenvalue weighted by Gasteiger charge is -2.12. The number of ether oxygens (including phenoxy) is 2. The van der Waals surface area contributed by atoms with Crippen molar-refractivity contribution in [3.63, 3.8) is 0 Å². The fourth-order valence-electron chi connectivity index (χ4n) is 2.61. The first-order valence-electron chi connectivity index (χ1n) is 8.34. The van der Waals surface area contributed by atoms with Gasteiger partial charge >= 0.3 is 0 Å². The third-order valence-electron chi connectivity index (χ3n) is 4.02. The van der Waals surface area contributed by atoms with Gasteiger partial charge in [-0.1, -0.05) is 18.2 Å². The van der Waals surface area contributed by atoms with Crippen molar-refractivity contribution in [2.45, 2.75) is 11.3 Å². The topological polar surface area (TPSA) is 82.4 Å². The highest BCUT2D eigenvalue weighted by Crippen LogP contribution is 2.27. The number of nitrogens with zero attached hydrogens (tertiary/aromatic N) is 2. The molecule has 1 aromatic heterocycles. The highest BCUT2D eigenvalue weighted by atomic mass is 32.2. The number of benzene rings is 2. The average molecular weight is 387 g/mol. The number of hydrogen-bond acceptors (Lipinski definition) is 5. The number of sulfonamides is 1. The summed E-state index contributed by atoms with van der Waals surface area (Å²) in [6, 6.07) is 14.4. The second-order valence-electron chi connectivity index (χ2n) is 5.79. The van der Waals surface area contributed by atoms with Gasteiger partial charge in [0.25, 0.3) is 0 Å². The molecule has 7 nitrogen and oxygen atoms in total. The zero-order valence-corrected chi connectivity index (χ0v) is 15.9. The first-order chi connectivity index (χ1) is 13.0. The summed E-state index contributed by atoms with van der Waals surface area (Å²) in [6.07, 6.45) is 4.13. The van der Waals surface area contributed by atoms with Crippen LogP contribution >= 0.6 is 0 Å². The first-order valence-corrected chi connectivity index (χ1v) is 9.82. The Kier molecular flexibility index (Phi) is 5.78. The third kappa shape index (κ3) is 4.47. The molecule has 3 aromatic rings. The Labute approximate surface area is 158 Å². The van der Waals surface area contributed by atoms with Gasteiger partial charge in [-0.25, -0.2) is 17.8 Å². The molecule has 2 aromatic carbocycles.